The van der Waals surface area contributed by atoms with Crippen LogP contribution in [-0.2, 0) is 38.0 Å². The van der Waals surface area contributed by atoms with E-state index in [1.807, 2.05) is 0 Å². The molecule has 23 nitrogen and oxygen atoms in total. The average Bonchev–Trinajstić information content (AvgIpc) is 3.46. The number of carboxylic acid groups (broad SMARTS) is 1. The number of phenolic OH excluding ortho intramolecular Hbond substituents is 3. The van der Waals surface area contributed by atoms with Crippen molar-refractivity contribution in [1.29, 1.82) is 0 Å². The molecule has 1 aromatic heterocycles. The predicted molar refractivity (Wildman–Crippen MR) is 183 cm³/mol. The number of aliphatic hydroxyl groups is 8. The van der Waals surface area contributed by atoms with Crippen LogP contribution in [0.1, 0.15) is 6.42 Å². The summed E-state index contributed by atoms with van der Waals surface area (Å²) in [5.74, 6) is -5.03. The van der Waals surface area contributed by atoms with Crippen molar-refractivity contribution in [1.82, 2.24) is 0 Å². The monoisotopic (exact) mass is 828 g/mol. The van der Waals surface area contributed by atoms with Crippen molar-refractivity contribution in [2.45, 2.75) is 85.8 Å². The fourth-order valence-corrected chi connectivity index (χ4v) is 6.45. The van der Waals surface area contributed by atoms with Crippen molar-refractivity contribution >= 4 is 22.9 Å². The Hall–Kier alpha value is -4.73. The van der Waals surface area contributed by atoms with Gasteiger partial charge in [0.25, 0.3) is 0 Å². The van der Waals surface area contributed by atoms with Gasteiger partial charge in [0.1, 0.15) is 95.7 Å². The van der Waals surface area contributed by atoms with Gasteiger partial charge in [-0.05, 0) is 18.2 Å². The van der Waals surface area contributed by atoms with Crippen LogP contribution in [0, 0.1) is 0 Å². The van der Waals surface area contributed by atoms with Gasteiger partial charge in [0.05, 0.1) is 19.8 Å². The van der Waals surface area contributed by atoms with E-state index in [9.17, 15) is 70.6 Å². The van der Waals surface area contributed by atoms with Crippen LogP contribution in [0.5, 0.6) is 23.0 Å². The van der Waals surface area contributed by atoms with Gasteiger partial charge in [-0.15, -0.1) is 0 Å². The summed E-state index contributed by atoms with van der Waals surface area (Å²) < 4.78 is 45.2. The SMILES string of the molecule is O=C(O)CC(=O)OC[C@H]1O[C@@H](Oc2cc(O)c3c(=O)cc(-c4ccc(O)c(O)c4)oc3c2)[C@H](O[C@@H]2OC[C@](O)(CO)[C@H]2O)[C@@H](O)[C@@H]1O[C@@H]1O[C@@H](CO)[C@@H](O)[C@H](O)[C@H]1O. The Morgan fingerprint density at radius 3 is 2.16 bits per heavy atom. The summed E-state index contributed by atoms with van der Waals surface area (Å²) in [5.41, 5.74) is -3.17. The fraction of sp³-hybridized carbons (Fsp3) is 0.514. The van der Waals surface area contributed by atoms with Gasteiger partial charge < -0.3 is 98.9 Å². The van der Waals surface area contributed by atoms with E-state index in [0.29, 0.717) is 0 Å². The maximum atomic E-state index is 13.1. The van der Waals surface area contributed by atoms with Crippen molar-refractivity contribution < 1.29 is 108 Å². The molecule has 13 atom stereocenters. The van der Waals surface area contributed by atoms with Crippen LogP contribution >= 0.6 is 0 Å². The Labute approximate surface area is 324 Å². The third-order valence-electron chi connectivity index (χ3n) is 9.63. The number of fused-ring (bicyclic) bond motifs is 1. The summed E-state index contributed by atoms with van der Waals surface area (Å²) in [7, 11) is 0. The quantitative estimate of drug-likeness (QED) is 0.0445. The molecule has 0 unspecified atom stereocenters. The predicted octanol–water partition coefficient (Wildman–Crippen LogP) is -3.93. The largest absolute Gasteiger partial charge is 0.507 e. The second-order valence-electron chi connectivity index (χ2n) is 13.7. The normalized spacial score (nSPS) is 33.9. The number of carbonyl (C=O) groups is 2. The van der Waals surface area contributed by atoms with Crippen LogP contribution in [0.2, 0.25) is 0 Å². The number of rotatable bonds is 13. The van der Waals surface area contributed by atoms with Crippen molar-refractivity contribution in [3.05, 3.63) is 46.6 Å². The molecule has 0 saturated carbocycles. The molecule has 6 rings (SSSR count). The van der Waals surface area contributed by atoms with Crippen LogP contribution in [0.15, 0.2) is 45.6 Å². The Balaban J connectivity index is 1.38. The van der Waals surface area contributed by atoms with Crippen LogP contribution in [0.3, 0.4) is 0 Å². The number of hydrogen-bond donors (Lipinski definition) is 12. The molecule has 3 aliphatic rings. The molecule has 0 bridgehead atoms. The number of carboxylic acids is 1. The highest BCUT2D eigenvalue weighted by atomic mass is 16.8. The molecule has 12 N–H and O–H groups in total. The van der Waals surface area contributed by atoms with Crippen molar-refractivity contribution in [2.24, 2.45) is 0 Å². The maximum Gasteiger partial charge on any atom is 0.317 e. The molecule has 3 fully saturated rings. The van der Waals surface area contributed by atoms with Crippen LogP contribution < -0.4 is 10.2 Å². The van der Waals surface area contributed by atoms with E-state index in [2.05, 4.69) is 0 Å². The first-order chi connectivity index (χ1) is 27.4. The standard InChI is InChI=1S/C35H40O23/c36-8-20-25(45)26(46)27(47)32(55-20)57-29-21(9-51-23(44)7-22(42)43)56-33(30(28(29)48)58-34-31(49)35(50,10-37)11-52-34)53-13-4-16(40)24-17(41)6-18(54-19(24)5-13)12-1-2-14(38)15(39)3-12/h1-6,20-21,25-34,36-40,45-50H,7-11H2,(H,42,43)/t20-,21+,25+,26-,27+,28-,29+,30+,31-,32-,33+,34-,35+/m0/s1. The smallest absolute Gasteiger partial charge is 0.317 e. The average molecular weight is 829 g/mol. The van der Waals surface area contributed by atoms with E-state index in [-0.39, 0.29) is 28.0 Å². The molecule has 4 heterocycles. The molecule has 2 aromatic carbocycles. The second kappa shape index (κ2) is 17.2. The van der Waals surface area contributed by atoms with Gasteiger partial charge in [-0.25, -0.2) is 0 Å². The molecule has 0 radical (unpaired) electrons. The lowest BCUT2D eigenvalue weighted by atomic mass is 9.96. The summed E-state index contributed by atoms with van der Waals surface area (Å²) in [5, 5.41) is 123. The number of ether oxygens (including phenoxy) is 7. The van der Waals surface area contributed by atoms with Gasteiger partial charge in [-0.2, -0.15) is 0 Å². The van der Waals surface area contributed by atoms with Crippen LogP contribution in [-0.4, -0.2) is 179 Å². The maximum absolute atomic E-state index is 13.1. The number of esters is 1. The van der Waals surface area contributed by atoms with Gasteiger partial charge >= 0.3 is 11.9 Å². The Morgan fingerprint density at radius 2 is 1.50 bits per heavy atom. The zero-order valence-electron chi connectivity index (χ0n) is 29.8. The molecule has 23 heteroatoms. The molecule has 0 amide bonds. The topological polar surface area (TPSA) is 372 Å². The highest BCUT2D eigenvalue weighted by molar-refractivity contribution is 5.90. The van der Waals surface area contributed by atoms with Crippen molar-refractivity contribution in [3.63, 3.8) is 0 Å². The zero-order chi connectivity index (χ0) is 42.2. The Morgan fingerprint density at radius 1 is 0.793 bits per heavy atom. The highest BCUT2D eigenvalue weighted by Gasteiger charge is 2.56. The lowest BCUT2D eigenvalue weighted by Crippen LogP contribution is -2.66. The lowest BCUT2D eigenvalue weighted by molar-refractivity contribution is -0.364. The first kappa shape index (κ1) is 42.9. The van der Waals surface area contributed by atoms with Crippen molar-refractivity contribution in [2.75, 3.05) is 26.4 Å². The Kier molecular flexibility index (Phi) is 12.7. The third kappa shape index (κ3) is 8.67. The molecule has 3 saturated heterocycles. The number of hydrogen-bond acceptors (Lipinski definition) is 22. The summed E-state index contributed by atoms with van der Waals surface area (Å²) in [6, 6.07) is 6.59. The second-order valence-corrected chi connectivity index (χ2v) is 13.7. The third-order valence-corrected chi connectivity index (χ3v) is 9.63. The number of phenols is 3. The van der Waals surface area contributed by atoms with Gasteiger partial charge in [-0.3, -0.25) is 14.4 Å². The number of aromatic hydroxyl groups is 3. The molecular weight excluding hydrogens is 788 g/mol. The van der Waals surface area contributed by atoms with Gasteiger partial charge in [0.2, 0.25) is 6.29 Å². The van der Waals surface area contributed by atoms with Gasteiger partial charge in [0, 0.05) is 23.8 Å². The van der Waals surface area contributed by atoms with Crippen LogP contribution in [0.4, 0.5) is 0 Å². The molecule has 3 aromatic rings. The summed E-state index contributed by atoms with van der Waals surface area (Å²) >= 11 is 0. The first-order valence-electron chi connectivity index (χ1n) is 17.4. The number of aliphatic hydroxyl groups excluding tert-OH is 7. The highest BCUT2D eigenvalue weighted by Crippen LogP contribution is 2.38. The summed E-state index contributed by atoms with van der Waals surface area (Å²) in [4.78, 5) is 36.5. The van der Waals surface area contributed by atoms with Crippen LogP contribution in [0.25, 0.3) is 22.3 Å². The van der Waals surface area contributed by atoms with E-state index >= 15 is 0 Å². The minimum atomic E-state index is -2.25. The van der Waals surface area contributed by atoms with Gasteiger partial charge in [0.15, 0.2) is 35.6 Å². The Bertz CT molecular complexity index is 2020. The van der Waals surface area contributed by atoms with E-state index in [1.165, 1.54) is 6.07 Å². The zero-order valence-corrected chi connectivity index (χ0v) is 29.8. The van der Waals surface area contributed by atoms with Crippen molar-refractivity contribution in [3.8, 4) is 34.3 Å². The number of carbonyl (C=O) groups excluding carboxylic acids is 1. The van der Waals surface area contributed by atoms with E-state index in [1.54, 1.807) is 0 Å². The number of aliphatic carboxylic acids is 1. The molecule has 318 valence electrons. The van der Waals surface area contributed by atoms with E-state index < -0.39 is 147 Å². The van der Waals surface area contributed by atoms with Gasteiger partial charge in [-0.1, -0.05) is 0 Å². The molecule has 0 spiro atoms. The van der Waals surface area contributed by atoms with E-state index in [0.717, 1.165) is 30.3 Å². The molecule has 58 heavy (non-hydrogen) atoms. The number of benzene rings is 2. The minimum absolute atomic E-state index is 0.130. The first-order valence-corrected chi connectivity index (χ1v) is 17.4. The summed E-state index contributed by atoms with van der Waals surface area (Å²) in [6.45, 7) is -3.46. The minimum Gasteiger partial charge on any atom is -0.507 e. The van der Waals surface area contributed by atoms with E-state index in [4.69, 9.17) is 42.7 Å². The fourth-order valence-electron chi connectivity index (χ4n) is 6.45. The lowest BCUT2D eigenvalue weighted by Gasteiger charge is -2.47. The molecular formula is C35H40O23. The summed E-state index contributed by atoms with van der Waals surface area (Å²) in [6.07, 6.45) is -23.8. The molecule has 3 aliphatic heterocycles. The molecule has 0 aliphatic carbocycles.